The Morgan fingerprint density at radius 3 is 2.31 bits per heavy atom. The lowest BCUT2D eigenvalue weighted by Crippen LogP contribution is -2.40. The Bertz CT molecular complexity index is 369. The van der Waals surface area contributed by atoms with Crippen molar-refractivity contribution >= 4 is 0 Å². The van der Waals surface area contributed by atoms with E-state index in [9.17, 15) is 4.39 Å². The molecule has 0 radical (unpaired) electrons. The highest BCUT2D eigenvalue weighted by Gasteiger charge is 2.40. The van der Waals surface area contributed by atoms with E-state index in [0.717, 1.165) is 24.8 Å². The summed E-state index contributed by atoms with van der Waals surface area (Å²) in [6.07, 6.45) is 4.16. The molecule has 0 bridgehead atoms. The molecule has 0 spiro atoms. The van der Waals surface area contributed by atoms with E-state index in [1.54, 1.807) is 0 Å². The number of nitrogens with two attached hydrogens (primary N) is 1. The summed E-state index contributed by atoms with van der Waals surface area (Å²) in [5.74, 6) is -0.179. The second-order valence-electron chi connectivity index (χ2n) is 6.01. The van der Waals surface area contributed by atoms with Crippen LogP contribution in [0.3, 0.4) is 0 Å². The van der Waals surface area contributed by atoms with Gasteiger partial charge in [0.15, 0.2) is 0 Å². The van der Waals surface area contributed by atoms with Gasteiger partial charge in [0.25, 0.3) is 0 Å². The molecule has 2 N–H and O–H groups in total. The molecule has 1 nitrogen and oxygen atoms in total. The summed E-state index contributed by atoms with van der Waals surface area (Å²) < 4.78 is 12.8. The number of hydrogen-bond acceptors (Lipinski definition) is 1. The van der Waals surface area contributed by atoms with Crippen LogP contribution in [-0.4, -0.2) is 5.54 Å². The average molecular weight is 221 g/mol. The van der Waals surface area contributed by atoms with Crippen molar-refractivity contribution in [1.82, 2.24) is 0 Å². The van der Waals surface area contributed by atoms with Gasteiger partial charge in [-0.3, -0.25) is 0 Å². The molecule has 1 fully saturated rings. The van der Waals surface area contributed by atoms with Gasteiger partial charge < -0.3 is 5.73 Å². The molecule has 1 atom stereocenters. The minimum absolute atomic E-state index is 0.0959. The second kappa shape index (κ2) is 3.85. The Balaban J connectivity index is 2.07. The monoisotopic (exact) mass is 221 g/mol. The van der Waals surface area contributed by atoms with Gasteiger partial charge in [0.2, 0.25) is 0 Å². The van der Waals surface area contributed by atoms with Crippen LogP contribution in [0.25, 0.3) is 0 Å². The third-order valence-corrected chi connectivity index (χ3v) is 3.60. The quantitative estimate of drug-likeness (QED) is 0.815. The lowest BCUT2D eigenvalue weighted by Gasteiger charge is -2.26. The van der Waals surface area contributed by atoms with Crippen LogP contribution >= 0.6 is 0 Å². The molecular weight excluding hydrogens is 201 g/mol. The number of rotatable bonds is 2. The van der Waals surface area contributed by atoms with E-state index in [1.165, 1.54) is 18.6 Å². The zero-order chi connectivity index (χ0) is 11.8. The van der Waals surface area contributed by atoms with Crippen molar-refractivity contribution in [3.63, 3.8) is 0 Å². The number of hydrogen-bond donors (Lipinski definition) is 1. The lowest BCUT2D eigenvalue weighted by atomic mass is 9.85. The summed E-state index contributed by atoms with van der Waals surface area (Å²) >= 11 is 0. The first-order valence-electron chi connectivity index (χ1n) is 5.92. The van der Waals surface area contributed by atoms with Crippen molar-refractivity contribution in [2.75, 3.05) is 0 Å². The molecule has 1 aliphatic carbocycles. The highest BCUT2D eigenvalue weighted by atomic mass is 19.1. The summed E-state index contributed by atoms with van der Waals surface area (Å²) in [5, 5.41) is 0. The molecule has 0 amide bonds. The Kier molecular flexibility index (Phi) is 2.79. The molecule has 2 heteroatoms. The topological polar surface area (TPSA) is 26.0 Å². The minimum atomic E-state index is -0.179. The summed E-state index contributed by atoms with van der Waals surface area (Å²) in [5.41, 5.74) is 7.81. The molecule has 1 aromatic rings. The highest BCUT2D eigenvalue weighted by Crippen LogP contribution is 2.43. The first-order valence-corrected chi connectivity index (χ1v) is 5.92. The minimum Gasteiger partial charge on any atom is -0.325 e. The van der Waals surface area contributed by atoms with E-state index < -0.39 is 0 Å². The molecule has 16 heavy (non-hydrogen) atoms. The molecule has 0 aliphatic heterocycles. The van der Waals surface area contributed by atoms with Gasteiger partial charge >= 0.3 is 0 Å². The maximum atomic E-state index is 12.8. The normalized spacial score (nSPS) is 28.2. The van der Waals surface area contributed by atoms with Gasteiger partial charge in [-0.05, 0) is 48.8 Å². The van der Waals surface area contributed by atoms with Crippen LogP contribution in [0.5, 0.6) is 0 Å². The van der Waals surface area contributed by atoms with E-state index in [2.05, 4.69) is 13.8 Å². The van der Waals surface area contributed by atoms with Crippen LogP contribution < -0.4 is 5.73 Å². The fourth-order valence-electron chi connectivity index (χ4n) is 2.88. The van der Waals surface area contributed by atoms with Gasteiger partial charge in [0.05, 0.1) is 0 Å². The van der Waals surface area contributed by atoms with E-state index in [4.69, 9.17) is 5.73 Å². The van der Waals surface area contributed by atoms with Crippen LogP contribution in [0.4, 0.5) is 4.39 Å². The third-order valence-electron chi connectivity index (χ3n) is 3.60. The average Bonchev–Trinajstić information content (AvgIpc) is 2.45. The fourth-order valence-corrected chi connectivity index (χ4v) is 2.88. The summed E-state index contributed by atoms with van der Waals surface area (Å²) in [6.45, 7) is 4.54. The summed E-state index contributed by atoms with van der Waals surface area (Å²) in [7, 11) is 0. The fraction of sp³-hybridized carbons (Fsp3) is 0.571. The smallest absolute Gasteiger partial charge is 0.123 e. The van der Waals surface area contributed by atoms with E-state index in [0.29, 0.717) is 5.41 Å². The molecule has 1 aromatic carbocycles. The third kappa shape index (κ3) is 2.62. The Labute approximate surface area is 96.9 Å². The molecule has 0 heterocycles. The molecule has 88 valence electrons. The number of halogens is 1. The maximum Gasteiger partial charge on any atom is 0.123 e. The lowest BCUT2D eigenvalue weighted by molar-refractivity contribution is 0.334. The Hall–Kier alpha value is -0.890. The van der Waals surface area contributed by atoms with Crippen LogP contribution in [-0.2, 0) is 6.42 Å². The summed E-state index contributed by atoms with van der Waals surface area (Å²) in [6, 6.07) is 6.71. The van der Waals surface area contributed by atoms with Gasteiger partial charge in [-0.1, -0.05) is 26.0 Å². The van der Waals surface area contributed by atoms with E-state index in [1.807, 2.05) is 12.1 Å². The Morgan fingerprint density at radius 1 is 1.19 bits per heavy atom. The Morgan fingerprint density at radius 2 is 1.81 bits per heavy atom. The summed E-state index contributed by atoms with van der Waals surface area (Å²) in [4.78, 5) is 0. The van der Waals surface area contributed by atoms with E-state index >= 15 is 0 Å². The van der Waals surface area contributed by atoms with Crippen molar-refractivity contribution in [2.24, 2.45) is 11.1 Å². The number of benzene rings is 1. The maximum absolute atomic E-state index is 12.8. The standard InChI is InChI=1S/C14H20FN/c1-13(2)7-8-14(16,10-13)9-11-3-5-12(15)6-4-11/h3-6H,7-10,16H2,1-2H3. The van der Waals surface area contributed by atoms with Gasteiger partial charge in [-0.25, -0.2) is 4.39 Å². The molecule has 1 unspecified atom stereocenters. The zero-order valence-electron chi connectivity index (χ0n) is 10.1. The molecule has 0 saturated heterocycles. The van der Waals surface area contributed by atoms with Crippen molar-refractivity contribution in [3.8, 4) is 0 Å². The van der Waals surface area contributed by atoms with Crippen LogP contribution in [0.1, 0.15) is 38.7 Å². The van der Waals surface area contributed by atoms with Crippen molar-refractivity contribution < 1.29 is 4.39 Å². The van der Waals surface area contributed by atoms with Crippen molar-refractivity contribution in [3.05, 3.63) is 35.6 Å². The zero-order valence-corrected chi connectivity index (χ0v) is 10.1. The molecule has 1 saturated carbocycles. The van der Waals surface area contributed by atoms with Gasteiger partial charge in [-0.2, -0.15) is 0 Å². The van der Waals surface area contributed by atoms with Crippen LogP contribution in [0, 0.1) is 11.2 Å². The molecule has 1 aliphatic rings. The van der Waals surface area contributed by atoms with Crippen LogP contribution in [0.2, 0.25) is 0 Å². The molecule has 2 rings (SSSR count). The largest absolute Gasteiger partial charge is 0.325 e. The van der Waals surface area contributed by atoms with Crippen molar-refractivity contribution in [2.45, 2.75) is 45.1 Å². The van der Waals surface area contributed by atoms with Gasteiger partial charge in [0, 0.05) is 5.54 Å². The highest BCUT2D eigenvalue weighted by molar-refractivity contribution is 5.20. The first kappa shape index (κ1) is 11.6. The predicted octanol–water partition coefficient (Wildman–Crippen LogP) is 3.28. The van der Waals surface area contributed by atoms with E-state index in [-0.39, 0.29) is 11.4 Å². The molecule has 0 aromatic heterocycles. The predicted molar refractivity (Wildman–Crippen MR) is 64.7 cm³/mol. The first-order chi connectivity index (χ1) is 7.39. The second-order valence-corrected chi connectivity index (χ2v) is 6.01. The SMILES string of the molecule is CC1(C)CCC(N)(Cc2ccc(F)cc2)C1. The molecular formula is C14H20FN. The van der Waals surface area contributed by atoms with Crippen LogP contribution in [0.15, 0.2) is 24.3 Å². The van der Waals surface area contributed by atoms with Gasteiger partial charge in [0.1, 0.15) is 5.82 Å². The van der Waals surface area contributed by atoms with Crippen molar-refractivity contribution in [1.29, 1.82) is 0 Å². The van der Waals surface area contributed by atoms with Gasteiger partial charge in [-0.15, -0.1) is 0 Å².